The highest BCUT2D eigenvalue weighted by Crippen LogP contribution is 2.25. The summed E-state index contributed by atoms with van der Waals surface area (Å²) < 4.78 is 53.4. The lowest BCUT2D eigenvalue weighted by Gasteiger charge is -2.19. The second-order valence-corrected chi connectivity index (χ2v) is 7.57. The van der Waals surface area contributed by atoms with Gasteiger partial charge in [0.15, 0.2) is 17.8 Å². The molecule has 0 unspecified atom stereocenters. The first kappa shape index (κ1) is 25.0. The number of allylic oxidation sites excluding steroid dienone is 3. The van der Waals surface area contributed by atoms with Gasteiger partial charge in [-0.15, -0.1) is 16.8 Å². The second-order valence-electron chi connectivity index (χ2n) is 6.82. The van der Waals surface area contributed by atoms with Crippen LogP contribution in [0.25, 0.3) is 0 Å². The van der Waals surface area contributed by atoms with Crippen LogP contribution in [0.4, 0.5) is 0 Å². The number of methoxy groups -OCH3 is 2. The highest BCUT2D eigenvalue weighted by Gasteiger charge is 2.39. The Kier molecular flexibility index (Phi) is 11.9. The predicted octanol–water partition coefficient (Wildman–Crippen LogP) is -1.44. The van der Waals surface area contributed by atoms with Gasteiger partial charge in [-0.1, -0.05) is 6.08 Å². The van der Waals surface area contributed by atoms with Gasteiger partial charge in [0.25, 0.3) is 0 Å². The third kappa shape index (κ3) is 9.97. The van der Waals surface area contributed by atoms with E-state index >= 15 is 0 Å². The standard InChI is InChI=1S/C19H32NO3.ClHO4/c1-4-5-6-12-23-19-9-7-8-16(13-19)20-17(14-21-2)10-11-18(20)15-22-3;2-1(3,4)5/h4,13,17-18H,1,5-12,14-15H2,2-3H3;(H,2,3,4,5)/q+1;/p-1/t17-,18-;/m1./s1. The van der Waals surface area contributed by atoms with Crippen molar-refractivity contribution in [1.82, 2.24) is 0 Å². The first-order chi connectivity index (χ1) is 13.3. The van der Waals surface area contributed by atoms with E-state index in [0.717, 1.165) is 51.3 Å². The van der Waals surface area contributed by atoms with Gasteiger partial charge in [-0.05, 0) is 19.3 Å². The fourth-order valence-corrected chi connectivity index (χ4v) is 3.66. The SMILES string of the molecule is C=CCCCOC1=CC(=[N+]2[C@@H](COC)CC[C@@H]2COC)CCC1.[O-][Cl+3]([O-])([O-])[O-]. The summed E-state index contributed by atoms with van der Waals surface area (Å²) in [6.07, 6.45) is 12.0. The third-order valence-electron chi connectivity index (χ3n) is 4.69. The van der Waals surface area contributed by atoms with Crippen LogP contribution in [-0.2, 0) is 14.2 Å². The largest absolute Gasteiger partial charge is 0.498 e. The molecule has 1 saturated heterocycles. The maximum Gasteiger partial charge on any atom is 0.180 e. The van der Waals surface area contributed by atoms with Crippen molar-refractivity contribution < 1.29 is 47.7 Å². The Morgan fingerprint density at radius 3 is 2.18 bits per heavy atom. The van der Waals surface area contributed by atoms with Crippen LogP contribution >= 0.6 is 0 Å². The lowest BCUT2D eigenvalue weighted by atomic mass is 10.0. The van der Waals surface area contributed by atoms with Gasteiger partial charge in [-0.3, -0.25) is 0 Å². The minimum Gasteiger partial charge on any atom is -0.498 e. The van der Waals surface area contributed by atoms with Gasteiger partial charge in [0.2, 0.25) is 0 Å². The Balaban J connectivity index is 0.000000696. The van der Waals surface area contributed by atoms with E-state index in [4.69, 9.17) is 32.8 Å². The highest BCUT2D eigenvalue weighted by atomic mass is 35.7. The molecule has 0 aromatic carbocycles. The van der Waals surface area contributed by atoms with E-state index < -0.39 is 10.2 Å². The summed E-state index contributed by atoms with van der Waals surface area (Å²) in [4.78, 5) is 0. The van der Waals surface area contributed by atoms with Crippen LogP contribution in [0.2, 0.25) is 0 Å². The summed E-state index contributed by atoms with van der Waals surface area (Å²) >= 11 is 0. The van der Waals surface area contributed by atoms with Crippen molar-refractivity contribution in [3.05, 3.63) is 24.5 Å². The van der Waals surface area contributed by atoms with Crippen LogP contribution in [0, 0.1) is 10.2 Å². The molecule has 28 heavy (non-hydrogen) atoms. The molecular weight excluding hydrogens is 390 g/mol. The van der Waals surface area contributed by atoms with E-state index in [-0.39, 0.29) is 0 Å². The maximum absolute atomic E-state index is 8.49. The first-order valence-corrected chi connectivity index (χ1v) is 10.7. The molecule has 0 bridgehead atoms. The van der Waals surface area contributed by atoms with Crippen LogP contribution in [0.5, 0.6) is 0 Å². The van der Waals surface area contributed by atoms with Crippen molar-refractivity contribution in [2.24, 2.45) is 0 Å². The number of unbranched alkanes of at least 4 members (excludes halogenated alkanes) is 1. The minimum atomic E-state index is -4.94. The van der Waals surface area contributed by atoms with E-state index in [1.54, 1.807) is 14.2 Å². The van der Waals surface area contributed by atoms with Gasteiger partial charge in [-0.25, -0.2) is 23.2 Å². The van der Waals surface area contributed by atoms with Crippen molar-refractivity contribution in [2.45, 2.75) is 57.0 Å². The topological polar surface area (TPSA) is 123 Å². The molecule has 0 saturated carbocycles. The molecular formula is C19H32ClNO7. The van der Waals surface area contributed by atoms with Crippen LogP contribution < -0.4 is 18.6 Å². The van der Waals surface area contributed by atoms with Crippen molar-refractivity contribution in [3.8, 4) is 0 Å². The molecule has 0 aromatic heterocycles. The van der Waals surface area contributed by atoms with E-state index in [1.807, 2.05) is 6.08 Å². The molecule has 2 atom stereocenters. The summed E-state index contributed by atoms with van der Waals surface area (Å²) in [6, 6.07) is 0.929. The van der Waals surface area contributed by atoms with Gasteiger partial charge >= 0.3 is 0 Å². The molecule has 1 aliphatic carbocycles. The molecule has 1 fully saturated rings. The summed E-state index contributed by atoms with van der Waals surface area (Å²) in [6.45, 7) is 6.11. The van der Waals surface area contributed by atoms with Crippen LogP contribution in [0.15, 0.2) is 24.5 Å². The van der Waals surface area contributed by atoms with E-state index in [1.165, 1.54) is 25.0 Å². The van der Waals surface area contributed by atoms with E-state index in [0.29, 0.717) is 12.1 Å². The molecule has 2 rings (SSSR count). The van der Waals surface area contributed by atoms with Crippen molar-refractivity contribution in [2.75, 3.05) is 34.0 Å². The van der Waals surface area contributed by atoms with Crippen LogP contribution in [-0.4, -0.2) is 56.4 Å². The Labute approximate surface area is 169 Å². The molecule has 0 amide bonds. The maximum atomic E-state index is 8.49. The number of ether oxygens (including phenoxy) is 3. The number of nitrogens with zero attached hydrogens (tertiary/aromatic N) is 1. The quantitative estimate of drug-likeness (QED) is 0.253. The molecule has 1 aliphatic heterocycles. The zero-order chi connectivity index (χ0) is 21.0. The summed E-state index contributed by atoms with van der Waals surface area (Å²) in [7, 11) is -1.37. The predicted molar refractivity (Wildman–Crippen MR) is 93.1 cm³/mol. The Bertz CT molecular complexity index is 509. The molecule has 8 nitrogen and oxygen atoms in total. The monoisotopic (exact) mass is 421 g/mol. The fourth-order valence-electron chi connectivity index (χ4n) is 3.66. The van der Waals surface area contributed by atoms with Crippen molar-refractivity contribution in [3.63, 3.8) is 0 Å². The van der Waals surface area contributed by atoms with Crippen LogP contribution in [0.1, 0.15) is 44.9 Å². The van der Waals surface area contributed by atoms with Gasteiger partial charge < -0.3 is 14.2 Å². The van der Waals surface area contributed by atoms with Gasteiger partial charge in [0.05, 0.1) is 6.61 Å². The molecule has 0 spiro atoms. The number of hydrogen-bond acceptors (Lipinski definition) is 7. The molecule has 0 N–H and O–H groups in total. The highest BCUT2D eigenvalue weighted by molar-refractivity contribution is 5.92. The molecule has 0 aromatic rings. The van der Waals surface area contributed by atoms with E-state index in [2.05, 4.69) is 17.2 Å². The molecule has 162 valence electrons. The van der Waals surface area contributed by atoms with Crippen LogP contribution in [0.3, 0.4) is 0 Å². The minimum absolute atomic E-state index is 0.464. The first-order valence-electron chi connectivity index (χ1n) is 9.48. The lowest BCUT2D eigenvalue weighted by molar-refractivity contribution is -2.00. The smallest absolute Gasteiger partial charge is 0.180 e. The summed E-state index contributed by atoms with van der Waals surface area (Å²) in [5.74, 6) is 1.13. The summed E-state index contributed by atoms with van der Waals surface area (Å²) in [5, 5.41) is 0. The number of rotatable bonds is 9. The van der Waals surface area contributed by atoms with E-state index in [9.17, 15) is 0 Å². The average molecular weight is 422 g/mol. The van der Waals surface area contributed by atoms with Gasteiger partial charge in [-0.2, -0.15) is 0 Å². The average Bonchev–Trinajstić information content (AvgIpc) is 3.01. The Hall–Kier alpha value is -1.00. The molecule has 1 heterocycles. The molecule has 0 radical (unpaired) electrons. The lowest BCUT2D eigenvalue weighted by Crippen LogP contribution is -2.68. The normalized spacial score (nSPS) is 22.4. The van der Waals surface area contributed by atoms with Crippen molar-refractivity contribution in [1.29, 1.82) is 0 Å². The zero-order valence-corrected chi connectivity index (χ0v) is 17.5. The fraction of sp³-hybridized carbons (Fsp3) is 0.737. The third-order valence-corrected chi connectivity index (χ3v) is 4.69. The number of hydrogen-bond donors (Lipinski definition) is 0. The van der Waals surface area contributed by atoms with Gasteiger partial charge in [0.1, 0.15) is 19.0 Å². The summed E-state index contributed by atoms with van der Waals surface area (Å²) in [5.41, 5.74) is 1.40. The Morgan fingerprint density at radius 1 is 1.11 bits per heavy atom. The number of halogens is 1. The molecule has 9 heteroatoms. The van der Waals surface area contributed by atoms with Gasteiger partial charge in [0, 0.05) is 46.0 Å². The molecule has 2 aliphatic rings. The zero-order valence-electron chi connectivity index (χ0n) is 16.8. The van der Waals surface area contributed by atoms with Crippen molar-refractivity contribution >= 4 is 5.71 Å². The second kappa shape index (κ2) is 13.3. The Morgan fingerprint density at radius 2 is 1.68 bits per heavy atom.